The van der Waals surface area contributed by atoms with E-state index in [0.717, 1.165) is 12.5 Å². The fraction of sp³-hybridized carbons (Fsp3) is 0.933. The molecule has 0 spiro atoms. The molecule has 0 radical (unpaired) electrons. The van der Waals surface area contributed by atoms with Gasteiger partial charge in [0.15, 0.2) is 0 Å². The molecule has 0 bridgehead atoms. The van der Waals surface area contributed by atoms with Crippen molar-refractivity contribution < 1.29 is 9.53 Å². The van der Waals surface area contributed by atoms with Gasteiger partial charge in [-0.3, -0.25) is 15.0 Å². The highest BCUT2D eigenvalue weighted by Crippen LogP contribution is 2.24. The fourth-order valence-corrected chi connectivity index (χ4v) is 3.13. The molecule has 0 amide bonds. The molecule has 3 atom stereocenters. The number of methoxy groups -OCH3 is 1. The SMILES string of the molecule is COC(=O)C(C)(CN1CCC(C)CC1C)NC(C)C. The molecule has 1 rings (SSSR count). The molecule has 1 aliphatic heterocycles. The molecular formula is C15H30N2O2. The Morgan fingerprint density at radius 2 is 2.11 bits per heavy atom. The Kier molecular flexibility index (Phi) is 5.81. The summed E-state index contributed by atoms with van der Waals surface area (Å²) in [5, 5.41) is 3.37. The van der Waals surface area contributed by atoms with Gasteiger partial charge < -0.3 is 4.74 Å². The lowest BCUT2D eigenvalue weighted by atomic mass is 9.91. The molecule has 1 N–H and O–H groups in total. The Hall–Kier alpha value is -0.610. The van der Waals surface area contributed by atoms with Crippen molar-refractivity contribution >= 4 is 5.97 Å². The van der Waals surface area contributed by atoms with Crippen molar-refractivity contribution in [3.63, 3.8) is 0 Å². The minimum Gasteiger partial charge on any atom is -0.468 e. The van der Waals surface area contributed by atoms with Gasteiger partial charge in [0.2, 0.25) is 0 Å². The monoisotopic (exact) mass is 270 g/mol. The van der Waals surface area contributed by atoms with Gasteiger partial charge in [-0.05, 0) is 53.0 Å². The predicted octanol–water partition coefficient (Wildman–Crippen LogP) is 2.04. The summed E-state index contributed by atoms with van der Waals surface area (Å²) in [4.78, 5) is 14.5. The van der Waals surface area contributed by atoms with E-state index in [1.807, 2.05) is 6.92 Å². The zero-order valence-electron chi connectivity index (χ0n) is 13.3. The molecule has 19 heavy (non-hydrogen) atoms. The molecule has 4 nitrogen and oxygen atoms in total. The van der Waals surface area contributed by atoms with Crippen LogP contribution in [-0.2, 0) is 9.53 Å². The van der Waals surface area contributed by atoms with Crippen molar-refractivity contribution in [2.75, 3.05) is 20.2 Å². The van der Waals surface area contributed by atoms with E-state index in [1.165, 1.54) is 20.0 Å². The molecule has 0 aromatic heterocycles. The van der Waals surface area contributed by atoms with Crippen molar-refractivity contribution in [1.29, 1.82) is 0 Å². The number of rotatable bonds is 5. The summed E-state index contributed by atoms with van der Waals surface area (Å²) >= 11 is 0. The smallest absolute Gasteiger partial charge is 0.327 e. The van der Waals surface area contributed by atoms with Crippen LogP contribution in [-0.4, -0.2) is 48.7 Å². The van der Waals surface area contributed by atoms with E-state index in [1.54, 1.807) is 0 Å². The average molecular weight is 270 g/mol. The topological polar surface area (TPSA) is 41.6 Å². The van der Waals surface area contributed by atoms with Crippen LogP contribution in [0.5, 0.6) is 0 Å². The third kappa shape index (κ3) is 4.46. The van der Waals surface area contributed by atoms with Crippen molar-refractivity contribution in [2.45, 2.75) is 65.1 Å². The molecule has 4 heteroatoms. The first kappa shape index (κ1) is 16.4. The lowest BCUT2D eigenvalue weighted by molar-refractivity contribution is -0.149. The van der Waals surface area contributed by atoms with E-state index < -0.39 is 5.54 Å². The van der Waals surface area contributed by atoms with Crippen LogP contribution in [0, 0.1) is 5.92 Å². The van der Waals surface area contributed by atoms with Gasteiger partial charge in [0.1, 0.15) is 5.54 Å². The minimum absolute atomic E-state index is 0.174. The second kappa shape index (κ2) is 6.71. The fourth-order valence-electron chi connectivity index (χ4n) is 3.13. The highest BCUT2D eigenvalue weighted by Gasteiger charge is 2.38. The van der Waals surface area contributed by atoms with Crippen molar-refractivity contribution in [1.82, 2.24) is 10.2 Å². The summed E-state index contributed by atoms with van der Waals surface area (Å²) < 4.78 is 4.99. The summed E-state index contributed by atoms with van der Waals surface area (Å²) in [6.07, 6.45) is 2.42. The molecule has 3 unspecified atom stereocenters. The maximum absolute atomic E-state index is 12.1. The number of hydrogen-bond donors (Lipinski definition) is 1. The van der Waals surface area contributed by atoms with Gasteiger partial charge in [0, 0.05) is 18.6 Å². The first-order valence-corrected chi connectivity index (χ1v) is 7.38. The maximum Gasteiger partial charge on any atom is 0.327 e. The molecule has 1 heterocycles. The average Bonchev–Trinajstić information content (AvgIpc) is 2.31. The van der Waals surface area contributed by atoms with Crippen LogP contribution >= 0.6 is 0 Å². The lowest BCUT2D eigenvalue weighted by Crippen LogP contribution is -2.61. The quantitative estimate of drug-likeness (QED) is 0.776. The van der Waals surface area contributed by atoms with Gasteiger partial charge in [0.05, 0.1) is 7.11 Å². The summed E-state index contributed by atoms with van der Waals surface area (Å²) in [5.41, 5.74) is -0.627. The first-order valence-electron chi connectivity index (χ1n) is 7.38. The largest absolute Gasteiger partial charge is 0.468 e. The summed E-state index contributed by atoms with van der Waals surface area (Å²) in [5.74, 6) is 0.612. The predicted molar refractivity (Wildman–Crippen MR) is 78.1 cm³/mol. The lowest BCUT2D eigenvalue weighted by Gasteiger charge is -2.42. The molecule has 0 saturated carbocycles. The van der Waals surface area contributed by atoms with Crippen molar-refractivity contribution in [2.24, 2.45) is 5.92 Å². The molecule has 1 fully saturated rings. The number of piperidine rings is 1. The number of nitrogens with zero attached hydrogens (tertiary/aromatic N) is 1. The number of ether oxygens (including phenoxy) is 1. The Bertz CT molecular complexity index is 307. The van der Waals surface area contributed by atoms with Crippen LogP contribution in [0.1, 0.15) is 47.5 Å². The second-order valence-electron chi connectivity index (χ2n) is 6.57. The van der Waals surface area contributed by atoms with Gasteiger partial charge in [-0.15, -0.1) is 0 Å². The Balaban J connectivity index is 2.74. The van der Waals surface area contributed by atoms with Crippen LogP contribution in [0.4, 0.5) is 0 Å². The van der Waals surface area contributed by atoms with Crippen LogP contribution < -0.4 is 5.32 Å². The number of hydrogen-bond acceptors (Lipinski definition) is 4. The van der Waals surface area contributed by atoms with E-state index >= 15 is 0 Å². The molecule has 1 aliphatic rings. The molecule has 0 aliphatic carbocycles. The van der Waals surface area contributed by atoms with Crippen LogP contribution in [0.25, 0.3) is 0 Å². The van der Waals surface area contributed by atoms with E-state index in [4.69, 9.17) is 4.74 Å². The van der Waals surface area contributed by atoms with Crippen molar-refractivity contribution in [3.8, 4) is 0 Å². The zero-order valence-corrected chi connectivity index (χ0v) is 13.3. The van der Waals surface area contributed by atoms with Gasteiger partial charge in [0.25, 0.3) is 0 Å². The van der Waals surface area contributed by atoms with E-state index in [2.05, 4.69) is 37.9 Å². The zero-order chi connectivity index (χ0) is 14.6. The van der Waals surface area contributed by atoms with E-state index in [-0.39, 0.29) is 12.0 Å². The molecule has 1 saturated heterocycles. The molecule has 0 aromatic carbocycles. The van der Waals surface area contributed by atoms with Crippen LogP contribution in [0.15, 0.2) is 0 Å². The molecule has 0 aromatic rings. The summed E-state index contributed by atoms with van der Waals surface area (Å²) in [6, 6.07) is 0.782. The van der Waals surface area contributed by atoms with Crippen LogP contribution in [0.3, 0.4) is 0 Å². The highest BCUT2D eigenvalue weighted by molar-refractivity contribution is 5.80. The number of nitrogens with one attached hydrogen (secondary N) is 1. The summed E-state index contributed by atoms with van der Waals surface area (Å²) in [6.45, 7) is 12.4. The van der Waals surface area contributed by atoms with Gasteiger partial charge in [-0.2, -0.15) is 0 Å². The molecule has 112 valence electrons. The number of esters is 1. The van der Waals surface area contributed by atoms with Gasteiger partial charge in [-0.25, -0.2) is 0 Å². The highest BCUT2D eigenvalue weighted by atomic mass is 16.5. The second-order valence-corrected chi connectivity index (χ2v) is 6.57. The Labute approximate surface area is 117 Å². The van der Waals surface area contributed by atoms with Crippen LogP contribution in [0.2, 0.25) is 0 Å². The first-order chi connectivity index (χ1) is 8.78. The minimum atomic E-state index is -0.627. The van der Waals surface area contributed by atoms with Crippen molar-refractivity contribution in [3.05, 3.63) is 0 Å². The molecular weight excluding hydrogens is 240 g/mol. The normalized spacial score (nSPS) is 28.2. The summed E-state index contributed by atoms with van der Waals surface area (Å²) in [7, 11) is 1.46. The van der Waals surface area contributed by atoms with E-state index in [0.29, 0.717) is 12.6 Å². The Morgan fingerprint density at radius 1 is 1.47 bits per heavy atom. The maximum atomic E-state index is 12.1. The third-order valence-corrected chi connectivity index (χ3v) is 4.04. The standard InChI is InChI=1S/C15H30N2O2/c1-11(2)16-15(5,14(18)19-6)10-17-8-7-12(3)9-13(17)4/h11-13,16H,7-10H2,1-6H3. The van der Waals surface area contributed by atoms with E-state index in [9.17, 15) is 4.79 Å². The third-order valence-electron chi connectivity index (χ3n) is 4.04. The Morgan fingerprint density at radius 3 is 2.58 bits per heavy atom. The number of carbonyl (C=O) groups excluding carboxylic acids is 1. The van der Waals surface area contributed by atoms with Gasteiger partial charge >= 0.3 is 5.97 Å². The number of likely N-dealkylation sites (tertiary alicyclic amines) is 1. The number of carbonyl (C=O) groups is 1. The van der Waals surface area contributed by atoms with Gasteiger partial charge in [-0.1, -0.05) is 6.92 Å².